The van der Waals surface area contributed by atoms with E-state index in [1.807, 2.05) is 13.8 Å². The van der Waals surface area contributed by atoms with Gasteiger partial charge in [-0.2, -0.15) is 0 Å². The molecule has 7 N–H and O–H groups in total. The Morgan fingerprint density at radius 2 is 1.93 bits per heavy atom. The minimum atomic E-state index is -2.67. The van der Waals surface area contributed by atoms with Crippen LogP contribution in [-0.2, 0) is 19.1 Å². The molecule has 1 fully saturated rings. The number of nitrogens with two attached hydrogens (primary N) is 1. The van der Waals surface area contributed by atoms with E-state index in [4.69, 9.17) is 20.3 Å². The number of carboxylic acid groups (broad SMARTS) is 1. The van der Waals surface area contributed by atoms with Crippen LogP contribution in [0.25, 0.3) is 0 Å². The lowest BCUT2D eigenvalue weighted by Crippen LogP contribution is -2.60. The molecule has 0 bridgehead atoms. The average molecular weight is 393 g/mol. The van der Waals surface area contributed by atoms with Gasteiger partial charge in [-0.15, -0.1) is 0 Å². The van der Waals surface area contributed by atoms with Gasteiger partial charge in [-0.25, -0.2) is 4.79 Å². The van der Waals surface area contributed by atoms with E-state index in [0.717, 1.165) is 6.42 Å². The van der Waals surface area contributed by atoms with Gasteiger partial charge in [0.1, 0.15) is 12.8 Å². The molecule has 27 heavy (non-hydrogen) atoms. The van der Waals surface area contributed by atoms with Crippen LogP contribution in [-0.4, -0.2) is 74.4 Å². The summed E-state index contributed by atoms with van der Waals surface area (Å²) in [6.07, 6.45) is -5.78. The molecule has 0 amide bonds. The summed E-state index contributed by atoms with van der Waals surface area (Å²) in [5.41, 5.74) is 5.42. The summed E-state index contributed by atoms with van der Waals surface area (Å²) in [6.45, 7) is 5.18. The number of carboxylic acids is 1. The highest BCUT2D eigenvalue weighted by Crippen LogP contribution is 2.35. The maximum Gasteiger partial charge on any atom is 0.364 e. The Hall–Kier alpha value is -1.30. The molecule has 0 aromatic heterocycles. The molecular formula is C17H31NO9. The summed E-state index contributed by atoms with van der Waals surface area (Å²) in [5.74, 6) is -6.24. The van der Waals surface area contributed by atoms with Crippen molar-refractivity contribution in [2.24, 2.45) is 23.5 Å². The van der Waals surface area contributed by atoms with Crippen molar-refractivity contribution in [2.75, 3.05) is 6.61 Å². The highest BCUT2D eigenvalue weighted by atomic mass is 16.7. The van der Waals surface area contributed by atoms with Crippen molar-refractivity contribution < 1.29 is 44.6 Å². The smallest absolute Gasteiger partial charge is 0.364 e. The van der Waals surface area contributed by atoms with Crippen LogP contribution in [0.2, 0.25) is 0 Å². The van der Waals surface area contributed by atoms with E-state index in [9.17, 15) is 30.0 Å². The first-order valence-corrected chi connectivity index (χ1v) is 9.02. The Bertz CT molecular complexity index is 515. The molecule has 1 heterocycles. The molecule has 0 spiro atoms. The molecule has 8 atom stereocenters. The van der Waals surface area contributed by atoms with Gasteiger partial charge in [-0.05, 0) is 5.92 Å². The number of hydrogen-bond donors (Lipinski definition) is 6. The fourth-order valence-corrected chi connectivity index (χ4v) is 3.07. The van der Waals surface area contributed by atoms with Crippen LogP contribution in [0.4, 0.5) is 0 Å². The molecule has 1 saturated heterocycles. The summed E-state index contributed by atoms with van der Waals surface area (Å²) < 4.78 is 10.2. The number of aliphatic carboxylic acids is 1. The number of ether oxygens (including phenoxy) is 2. The standard InChI is InChI=1S/C17H31NO9/c1-4-8(2)9(3)15(22)26-7-10(19)5-12-13(14(18)21)11(20)6-17(25,27-12)16(23)24/h8-14,19-21,25H,4-7,18H2,1-3H3,(H,23,24)/t8-,9-,10+,11?,12?,13?,14+,17?/m1/s1. The van der Waals surface area contributed by atoms with Crippen LogP contribution in [0, 0.1) is 17.8 Å². The van der Waals surface area contributed by atoms with Gasteiger partial charge in [0.05, 0.1) is 30.1 Å². The molecule has 0 aliphatic carbocycles. The zero-order valence-electron chi connectivity index (χ0n) is 15.8. The summed E-state index contributed by atoms with van der Waals surface area (Å²) in [5, 5.41) is 49.0. The van der Waals surface area contributed by atoms with E-state index in [-0.39, 0.29) is 24.9 Å². The highest BCUT2D eigenvalue weighted by Gasteiger charge is 2.52. The third-order valence-corrected chi connectivity index (χ3v) is 5.23. The second-order valence-electron chi connectivity index (χ2n) is 7.28. The molecule has 1 aliphatic heterocycles. The van der Waals surface area contributed by atoms with Crippen molar-refractivity contribution in [3.05, 3.63) is 0 Å². The molecule has 1 rings (SSSR count). The highest BCUT2D eigenvalue weighted by molar-refractivity contribution is 5.75. The van der Waals surface area contributed by atoms with Crippen LogP contribution in [0.1, 0.15) is 40.0 Å². The second kappa shape index (κ2) is 9.76. The number of rotatable bonds is 9. The largest absolute Gasteiger partial charge is 0.477 e. The maximum atomic E-state index is 12.0. The fourth-order valence-electron chi connectivity index (χ4n) is 3.07. The van der Waals surface area contributed by atoms with Crippen LogP contribution < -0.4 is 5.73 Å². The summed E-state index contributed by atoms with van der Waals surface area (Å²) in [6, 6.07) is 0. The zero-order valence-corrected chi connectivity index (χ0v) is 15.8. The van der Waals surface area contributed by atoms with Gasteiger partial charge in [0.15, 0.2) is 0 Å². The van der Waals surface area contributed by atoms with E-state index in [0.29, 0.717) is 0 Å². The van der Waals surface area contributed by atoms with E-state index < -0.39 is 54.6 Å². The van der Waals surface area contributed by atoms with Crippen molar-refractivity contribution in [1.29, 1.82) is 0 Å². The third kappa shape index (κ3) is 6.09. The molecule has 0 aromatic carbocycles. The Labute approximate surface area is 157 Å². The Morgan fingerprint density at radius 1 is 1.33 bits per heavy atom. The first-order chi connectivity index (χ1) is 12.4. The van der Waals surface area contributed by atoms with E-state index in [1.54, 1.807) is 6.92 Å². The van der Waals surface area contributed by atoms with Gasteiger partial charge in [0, 0.05) is 12.8 Å². The van der Waals surface area contributed by atoms with Crippen LogP contribution in [0.3, 0.4) is 0 Å². The number of aliphatic hydroxyl groups excluding tert-OH is 3. The van der Waals surface area contributed by atoms with Crippen molar-refractivity contribution in [3.8, 4) is 0 Å². The van der Waals surface area contributed by atoms with Crippen molar-refractivity contribution in [2.45, 2.75) is 70.4 Å². The molecule has 10 heteroatoms. The first kappa shape index (κ1) is 23.7. The quantitative estimate of drug-likeness (QED) is 0.205. The number of carbonyl (C=O) groups excluding carboxylic acids is 1. The lowest BCUT2D eigenvalue weighted by Gasteiger charge is -2.43. The number of carbonyl (C=O) groups is 2. The molecule has 0 radical (unpaired) electrons. The third-order valence-electron chi connectivity index (χ3n) is 5.23. The number of esters is 1. The number of hydrogen-bond acceptors (Lipinski definition) is 9. The summed E-state index contributed by atoms with van der Waals surface area (Å²) in [7, 11) is 0. The Balaban J connectivity index is 2.74. The van der Waals surface area contributed by atoms with Crippen LogP contribution in [0.5, 0.6) is 0 Å². The fraction of sp³-hybridized carbons (Fsp3) is 0.882. The lowest BCUT2D eigenvalue weighted by molar-refractivity contribution is -0.296. The molecule has 10 nitrogen and oxygen atoms in total. The van der Waals surface area contributed by atoms with Gasteiger partial charge < -0.3 is 40.7 Å². The SMILES string of the molecule is CC[C@@H](C)[C@@H](C)C(=O)OC[C@@H](O)CC1OC(O)(C(=O)O)CC(O)C1[C@@H](N)O. The second-order valence-corrected chi connectivity index (χ2v) is 7.28. The molecular weight excluding hydrogens is 362 g/mol. The van der Waals surface area contributed by atoms with Gasteiger partial charge in [0.25, 0.3) is 5.79 Å². The summed E-state index contributed by atoms with van der Waals surface area (Å²) >= 11 is 0. The Kier molecular flexibility index (Phi) is 8.58. The van der Waals surface area contributed by atoms with E-state index >= 15 is 0 Å². The minimum Gasteiger partial charge on any atom is -0.477 e. The molecule has 0 aromatic rings. The van der Waals surface area contributed by atoms with Crippen molar-refractivity contribution in [1.82, 2.24) is 0 Å². The van der Waals surface area contributed by atoms with Crippen molar-refractivity contribution in [3.63, 3.8) is 0 Å². The lowest BCUT2D eigenvalue weighted by atomic mass is 9.83. The minimum absolute atomic E-state index is 0.105. The van der Waals surface area contributed by atoms with E-state index in [2.05, 4.69) is 0 Å². The van der Waals surface area contributed by atoms with Gasteiger partial charge in [-0.3, -0.25) is 4.79 Å². The topological polar surface area (TPSA) is 180 Å². The van der Waals surface area contributed by atoms with E-state index in [1.165, 1.54) is 0 Å². The first-order valence-electron chi connectivity index (χ1n) is 9.02. The zero-order chi connectivity index (χ0) is 20.9. The number of aliphatic hydroxyl groups is 4. The predicted octanol–water partition coefficient (Wildman–Crippen LogP) is -1.22. The van der Waals surface area contributed by atoms with Crippen LogP contribution >= 0.6 is 0 Å². The monoisotopic (exact) mass is 393 g/mol. The normalized spacial score (nSPS) is 33.0. The molecule has 1 aliphatic rings. The van der Waals surface area contributed by atoms with Crippen molar-refractivity contribution >= 4 is 11.9 Å². The van der Waals surface area contributed by atoms with Crippen LogP contribution in [0.15, 0.2) is 0 Å². The van der Waals surface area contributed by atoms with Gasteiger partial charge >= 0.3 is 11.9 Å². The van der Waals surface area contributed by atoms with Gasteiger partial charge in [0.2, 0.25) is 0 Å². The predicted molar refractivity (Wildman–Crippen MR) is 92.0 cm³/mol. The maximum absolute atomic E-state index is 12.0. The Morgan fingerprint density at radius 3 is 2.41 bits per heavy atom. The summed E-state index contributed by atoms with van der Waals surface area (Å²) in [4.78, 5) is 23.2. The molecule has 0 saturated carbocycles. The molecule has 4 unspecified atom stereocenters. The molecule has 158 valence electrons. The van der Waals surface area contributed by atoms with Gasteiger partial charge in [-0.1, -0.05) is 27.2 Å². The average Bonchev–Trinajstić information content (AvgIpc) is 2.57.